The summed E-state index contributed by atoms with van der Waals surface area (Å²) in [5.41, 5.74) is 6.99. The topological polar surface area (TPSA) is 38.9 Å². The van der Waals surface area contributed by atoms with Crippen molar-refractivity contribution in [1.82, 2.24) is 4.98 Å². The number of nitrogens with zero attached hydrogens (tertiary/aromatic N) is 1. The van der Waals surface area contributed by atoms with E-state index in [-0.39, 0.29) is 11.7 Å². The first-order valence-corrected chi connectivity index (χ1v) is 6.88. The third-order valence-corrected chi connectivity index (χ3v) is 4.06. The van der Waals surface area contributed by atoms with Gasteiger partial charge in [-0.25, -0.2) is 9.37 Å². The molecule has 0 aliphatic carbocycles. The quantitative estimate of drug-likeness (QED) is 0.918. The number of benzene rings is 1. The predicted molar refractivity (Wildman–Crippen MR) is 74.5 cm³/mol. The highest BCUT2D eigenvalue weighted by Gasteiger charge is 2.18. The van der Waals surface area contributed by atoms with Crippen LogP contribution in [0.1, 0.15) is 30.3 Å². The van der Waals surface area contributed by atoms with Gasteiger partial charge in [-0.05, 0) is 18.1 Å². The maximum atomic E-state index is 13.8. The van der Waals surface area contributed by atoms with Crippen LogP contribution in [0.4, 0.5) is 4.39 Å². The Balaban J connectivity index is 2.58. The van der Waals surface area contributed by atoms with Crippen molar-refractivity contribution in [3.05, 3.63) is 39.6 Å². The number of halogens is 2. The van der Waals surface area contributed by atoms with Crippen LogP contribution in [-0.2, 0) is 6.54 Å². The molecule has 1 heterocycles. The van der Waals surface area contributed by atoms with E-state index in [2.05, 4.69) is 4.98 Å². The van der Waals surface area contributed by atoms with Crippen molar-refractivity contribution < 1.29 is 4.39 Å². The van der Waals surface area contributed by atoms with Crippen LogP contribution in [0.25, 0.3) is 10.6 Å². The van der Waals surface area contributed by atoms with Crippen molar-refractivity contribution in [1.29, 1.82) is 0 Å². The van der Waals surface area contributed by atoms with Crippen molar-refractivity contribution >= 4 is 22.9 Å². The van der Waals surface area contributed by atoms with E-state index in [1.165, 1.54) is 17.4 Å². The third kappa shape index (κ3) is 2.41. The number of nitrogens with two attached hydrogens (primary N) is 1. The van der Waals surface area contributed by atoms with Gasteiger partial charge in [0.15, 0.2) is 0 Å². The summed E-state index contributed by atoms with van der Waals surface area (Å²) in [6, 6.07) is 4.64. The Morgan fingerprint density at radius 3 is 2.67 bits per heavy atom. The van der Waals surface area contributed by atoms with Crippen LogP contribution in [0, 0.1) is 5.82 Å². The average molecular weight is 285 g/mol. The molecular weight excluding hydrogens is 271 g/mol. The summed E-state index contributed by atoms with van der Waals surface area (Å²) in [5.74, 6) is -0.0887. The van der Waals surface area contributed by atoms with E-state index in [4.69, 9.17) is 17.3 Å². The van der Waals surface area contributed by atoms with E-state index < -0.39 is 0 Å². The molecule has 0 radical (unpaired) electrons. The molecule has 0 bridgehead atoms. The van der Waals surface area contributed by atoms with Gasteiger partial charge in [-0.15, -0.1) is 11.3 Å². The molecule has 2 aromatic rings. The Morgan fingerprint density at radius 2 is 2.17 bits per heavy atom. The van der Waals surface area contributed by atoms with E-state index in [1.807, 2.05) is 13.8 Å². The molecule has 2 rings (SSSR count). The number of hydrogen-bond donors (Lipinski definition) is 1. The van der Waals surface area contributed by atoms with Gasteiger partial charge in [0.2, 0.25) is 0 Å². The molecule has 0 aliphatic rings. The minimum Gasteiger partial charge on any atom is -0.326 e. The fraction of sp³-hybridized carbons (Fsp3) is 0.308. The summed E-state index contributed by atoms with van der Waals surface area (Å²) in [4.78, 5) is 5.47. The van der Waals surface area contributed by atoms with Gasteiger partial charge in [0.05, 0.1) is 16.3 Å². The number of rotatable bonds is 3. The first kappa shape index (κ1) is 13.5. The van der Waals surface area contributed by atoms with Gasteiger partial charge >= 0.3 is 0 Å². The first-order chi connectivity index (χ1) is 8.54. The van der Waals surface area contributed by atoms with Gasteiger partial charge in [-0.3, -0.25) is 0 Å². The fourth-order valence-electron chi connectivity index (χ4n) is 1.77. The standard InChI is InChI=1S/C13H14ClFN2S/c1-7(2)12-10(6-16)18-13(17-12)11-8(14)4-3-5-9(11)15/h3-5,7H,6,16H2,1-2H3. The Morgan fingerprint density at radius 1 is 1.44 bits per heavy atom. The van der Waals surface area contributed by atoms with Crippen molar-refractivity contribution in [3.8, 4) is 10.6 Å². The van der Waals surface area contributed by atoms with Crippen molar-refractivity contribution in [2.45, 2.75) is 26.3 Å². The van der Waals surface area contributed by atoms with E-state index in [0.29, 0.717) is 22.1 Å². The molecule has 0 unspecified atom stereocenters. The van der Waals surface area contributed by atoms with Gasteiger partial charge in [0.1, 0.15) is 10.8 Å². The van der Waals surface area contributed by atoms with E-state index in [9.17, 15) is 4.39 Å². The van der Waals surface area contributed by atoms with E-state index in [1.54, 1.807) is 12.1 Å². The smallest absolute Gasteiger partial charge is 0.134 e. The zero-order valence-corrected chi connectivity index (χ0v) is 11.8. The maximum Gasteiger partial charge on any atom is 0.134 e. The molecule has 2 nitrogen and oxygen atoms in total. The monoisotopic (exact) mass is 284 g/mol. The maximum absolute atomic E-state index is 13.8. The molecule has 96 valence electrons. The largest absolute Gasteiger partial charge is 0.326 e. The number of thiazole rings is 1. The second kappa shape index (κ2) is 5.34. The van der Waals surface area contributed by atoms with Gasteiger partial charge < -0.3 is 5.73 Å². The highest BCUT2D eigenvalue weighted by atomic mass is 35.5. The minimum absolute atomic E-state index is 0.263. The Kier molecular flexibility index (Phi) is 4.00. The lowest BCUT2D eigenvalue weighted by molar-refractivity contribution is 0.631. The highest BCUT2D eigenvalue weighted by molar-refractivity contribution is 7.15. The van der Waals surface area contributed by atoms with Crippen molar-refractivity contribution in [3.63, 3.8) is 0 Å². The fourth-order valence-corrected chi connectivity index (χ4v) is 3.23. The molecule has 0 atom stereocenters. The molecule has 0 fully saturated rings. The molecule has 2 N–H and O–H groups in total. The lowest BCUT2D eigenvalue weighted by Gasteiger charge is -2.02. The Bertz CT molecular complexity index is 546. The minimum atomic E-state index is -0.352. The molecule has 5 heteroatoms. The van der Waals surface area contributed by atoms with E-state index >= 15 is 0 Å². The highest BCUT2D eigenvalue weighted by Crippen LogP contribution is 2.36. The zero-order chi connectivity index (χ0) is 13.3. The summed E-state index contributed by atoms with van der Waals surface area (Å²) >= 11 is 7.45. The second-order valence-corrected chi connectivity index (χ2v) is 5.77. The predicted octanol–water partition coefficient (Wildman–Crippen LogP) is 4.18. The summed E-state index contributed by atoms with van der Waals surface area (Å²) in [5, 5.41) is 0.977. The average Bonchev–Trinajstić information content (AvgIpc) is 2.73. The molecule has 0 saturated carbocycles. The normalized spacial score (nSPS) is 11.2. The lowest BCUT2D eigenvalue weighted by Crippen LogP contribution is -1.99. The van der Waals surface area contributed by atoms with Crippen LogP contribution < -0.4 is 5.73 Å². The van der Waals surface area contributed by atoms with Crippen LogP contribution >= 0.6 is 22.9 Å². The molecular formula is C13H14ClFN2S. The number of aromatic nitrogens is 1. The number of hydrogen-bond acceptors (Lipinski definition) is 3. The van der Waals surface area contributed by atoms with Crippen LogP contribution in [0.5, 0.6) is 0 Å². The lowest BCUT2D eigenvalue weighted by atomic mass is 10.1. The molecule has 1 aromatic heterocycles. The Hall–Kier alpha value is -0.970. The van der Waals surface area contributed by atoms with Crippen molar-refractivity contribution in [2.24, 2.45) is 5.73 Å². The Labute approximate surface area is 115 Å². The SMILES string of the molecule is CC(C)c1nc(-c2c(F)cccc2Cl)sc1CN. The van der Waals surface area contributed by atoms with Crippen molar-refractivity contribution in [2.75, 3.05) is 0 Å². The summed E-state index contributed by atoms with van der Waals surface area (Å²) in [6.45, 7) is 4.50. The van der Waals surface area contributed by atoms with Crippen LogP contribution in [0.2, 0.25) is 5.02 Å². The molecule has 0 amide bonds. The van der Waals surface area contributed by atoms with Gasteiger partial charge in [0.25, 0.3) is 0 Å². The van der Waals surface area contributed by atoms with Crippen LogP contribution in [0.15, 0.2) is 18.2 Å². The summed E-state index contributed by atoms with van der Waals surface area (Å²) < 4.78 is 13.8. The molecule has 18 heavy (non-hydrogen) atoms. The van der Waals surface area contributed by atoms with Gasteiger partial charge in [0, 0.05) is 11.4 Å². The molecule has 0 aliphatic heterocycles. The van der Waals surface area contributed by atoms with Crippen LogP contribution in [0.3, 0.4) is 0 Å². The van der Waals surface area contributed by atoms with Gasteiger partial charge in [-0.1, -0.05) is 31.5 Å². The summed E-state index contributed by atoms with van der Waals surface area (Å²) in [7, 11) is 0. The third-order valence-electron chi connectivity index (χ3n) is 2.64. The molecule has 0 saturated heterocycles. The summed E-state index contributed by atoms with van der Waals surface area (Å²) in [6.07, 6.45) is 0. The van der Waals surface area contributed by atoms with Gasteiger partial charge in [-0.2, -0.15) is 0 Å². The molecule has 1 aromatic carbocycles. The van der Waals surface area contributed by atoms with Crippen LogP contribution in [-0.4, -0.2) is 4.98 Å². The second-order valence-electron chi connectivity index (χ2n) is 4.28. The van der Waals surface area contributed by atoms with E-state index in [0.717, 1.165) is 10.6 Å². The first-order valence-electron chi connectivity index (χ1n) is 5.68. The zero-order valence-electron chi connectivity index (χ0n) is 10.2. The molecule has 0 spiro atoms.